The fourth-order valence-electron chi connectivity index (χ4n) is 2.06. The first-order chi connectivity index (χ1) is 12.8. The van der Waals surface area contributed by atoms with Crippen LogP contribution in [0.25, 0.3) is 6.08 Å². The highest BCUT2D eigenvalue weighted by Gasteiger charge is 2.20. The number of nitrogens with zero attached hydrogens (tertiary/aromatic N) is 1. The number of carbonyl (C=O) groups excluding carboxylic acids is 1. The fraction of sp³-hybridized carbons (Fsp3) is 0.167. The molecule has 0 spiro atoms. The smallest absolute Gasteiger partial charge is 0.324 e. The Hall–Kier alpha value is -3.04. The van der Waals surface area contributed by atoms with Crippen molar-refractivity contribution in [1.29, 1.82) is 0 Å². The molecule has 0 aliphatic heterocycles. The van der Waals surface area contributed by atoms with E-state index in [-0.39, 0.29) is 12.3 Å². The second-order valence-electron chi connectivity index (χ2n) is 5.63. The van der Waals surface area contributed by atoms with E-state index in [1.54, 1.807) is 24.3 Å². The third-order valence-electron chi connectivity index (χ3n) is 3.46. The molecule has 142 valence electrons. The van der Waals surface area contributed by atoms with E-state index in [0.717, 1.165) is 5.41 Å². The summed E-state index contributed by atoms with van der Waals surface area (Å²) in [7, 11) is -3.83. The lowest BCUT2D eigenvalue weighted by atomic mass is 10.2. The van der Waals surface area contributed by atoms with Gasteiger partial charge in [0.05, 0.1) is 4.92 Å². The summed E-state index contributed by atoms with van der Waals surface area (Å²) >= 11 is 0. The molecule has 27 heavy (non-hydrogen) atoms. The first kappa shape index (κ1) is 20.3. The summed E-state index contributed by atoms with van der Waals surface area (Å²) < 4.78 is 31.3. The predicted molar refractivity (Wildman–Crippen MR) is 99.9 cm³/mol. The van der Waals surface area contributed by atoms with E-state index < -0.39 is 27.0 Å². The molecule has 0 aromatic heterocycles. The minimum atomic E-state index is -3.83. The van der Waals surface area contributed by atoms with E-state index in [4.69, 9.17) is 4.74 Å². The van der Waals surface area contributed by atoms with Crippen LogP contribution in [-0.2, 0) is 26.2 Å². The lowest BCUT2D eigenvalue weighted by molar-refractivity contribution is -0.384. The van der Waals surface area contributed by atoms with Crippen LogP contribution in [0.4, 0.5) is 5.69 Å². The number of nitro benzene ring substituents is 1. The zero-order chi connectivity index (χ0) is 19.9. The monoisotopic (exact) mass is 390 g/mol. The second kappa shape index (κ2) is 9.06. The summed E-state index contributed by atoms with van der Waals surface area (Å²) in [6.07, 6.45) is 1.41. The number of esters is 1. The molecule has 0 saturated carbocycles. The van der Waals surface area contributed by atoms with E-state index in [9.17, 15) is 23.3 Å². The van der Waals surface area contributed by atoms with Gasteiger partial charge in [-0.3, -0.25) is 14.9 Å². The molecule has 1 atom stereocenters. The topological polar surface area (TPSA) is 116 Å². The van der Waals surface area contributed by atoms with Crippen molar-refractivity contribution < 1.29 is 22.9 Å². The maximum atomic E-state index is 12.0. The summed E-state index contributed by atoms with van der Waals surface area (Å²) in [5.74, 6) is -0.759. The summed E-state index contributed by atoms with van der Waals surface area (Å²) in [6, 6.07) is 13.3. The Morgan fingerprint density at radius 1 is 1.19 bits per heavy atom. The van der Waals surface area contributed by atoms with Gasteiger partial charge in [-0.25, -0.2) is 8.42 Å². The minimum absolute atomic E-state index is 0.0728. The molecule has 2 aromatic rings. The summed E-state index contributed by atoms with van der Waals surface area (Å²) in [5.41, 5.74) is 1.18. The van der Waals surface area contributed by atoms with Crippen molar-refractivity contribution in [2.24, 2.45) is 0 Å². The second-order valence-corrected chi connectivity index (χ2v) is 7.23. The lowest BCUT2D eigenvalue weighted by Crippen LogP contribution is -2.38. The van der Waals surface area contributed by atoms with Crippen molar-refractivity contribution in [3.05, 3.63) is 81.2 Å². The van der Waals surface area contributed by atoms with Crippen LogP contribution < -0.4 is 4.72 Å². The van der Waals surface area contributed by atoms with Gasteiger partial charge < -0.3 is 4.74 Å². The Morgan fingerprint density at radius 2 is 1.81 bits per heavy atom. The molecule has 8 nitrogen and oxygen atoms in total. The van der Waals surface area contributed by atoms with Crippen LogP contribution in [0.3, 0.4) is 0 Å². The number of nitrogens with one attached hydrogen (secondary N) is 1. The molecule has 2 rings (SSSR count). The number of non-ortho nitro benzene ring substituents is 1. The number of hydrogen-bond donors (Lipinski definition) is 1. The van der Waals surface area contributed by atoms with Crippen LogP contribution >= 0.6 is 0 Å². The summed E-state index contributed by atoms with van der Waals surface area (Å²) in [6.45, 7) is 1.24. The van der Waals surface area contributed by atoms with E-state index in [1.165, 1.54) is 37.3 Å². The van der Waals surface area contributed by atoms with E-state index >= 15 is 0 Å². The molecule has 2 aromatic carbocycles. The zero-order valence-electron chi connectivity index (χ0n) is 14.4. The highest BCUT2D eigenvalue weighted by Crippen LogP contribution is 2.13. The first-order valence-electron chi connectivity index (χ1n) is 7.92. The van der Waals surface area contributed by atoms with Gasteiger partial charge in [-0.05, 0) is 36.3 Å². The van der Waals surface area contributed by atoms with Crippen molar-refractivity contribution in [2.75, 3.05) is 0 Å². The van der Waals surface area contributed by atoms with Crippen LogP contribution in [0.5, 0.6) is 0 Å². The van der Waals surface area contributed by atoms with Gasteiger partial charge in [0.2, 0.25) is 10.0 Å². The van der Waals surface area contributed by atoms with Gasteiger partial charge in [-0.1, -0.05) is 30.3 Å². The van der Waals surface area contributed by atoms with Gasteiger partial charge in [-0.15, -0.1) is 0 Å². The van der Waals surface area contributed by atoms with Crippen molar-refractivity contribution >= 4 is 27.8 Å². The van der Waals surface area contributed by atoms with Crippen molar-refractivity contribution in [3.8, 4) is 0 Å². The number of benzene rings is 2. The molecule has 1 N–H and O–H groups in total. The molecule has 0 unspecified atom stereocenters. The Kier molecular flexibility index (Phi) is 6.80. The number of sulfonamides is 1. The van der Waals surface area contributed by atoms with Crippen LogP contribution in [-0.4, -0.2) is 25.4 Å². The van der Waals surface area contributed by atoms with E-state index in [0.29, 0.717) is 11.1 Å². The molecular weight excluding hydrogens is 372 g/mol. The Bertz CT molecular complexity index is 924. The summed E-state index contributed by atoms with van der Waals surface area (Å²) in [5, 5.41) is 11.6. The molecule has 0 heterocycles. The minimum Gasteiger partial charge on any atom is -0.460 e. The lowest BCUT2D eigenvalue weighted by Gasteiger charge is -2.12. The van der Waals surface area contributed by atoms with Crippen molar-refractivity contribution in [2.45, 2.75) is 19.6 Å². The summed E-state index contributed by atoms with van der Waals surface area (Å²) in [4.78, 5) is 22.0. The number of hydrogen-bond acceptors (Lipinski definition) is 6. The van der Waals surface area contributed by atoms with Crippen molar-refractivity contribution in [3.63, 3.8) is 0 Å². The van der Waals surface area contributed by atoms with E-state index in [1.807, 2.05) is 6.07 Å². The Labute approximate surface area is 156 Å². The number of ether oxygens (including phenoxy) is 1. The number of nitro groups is 1. The van der Waals surface area contributed by atoms with Gasteiger partial charge >= 0.3 is 5.97 Å². The Balaban J connectivity index is 1.88. The third kappa shape index (κ3) is 6.65. The average molecular weight is 390 g/mol. The van der Waals surface area contributed by atoms with Gasteiger partial charge in [0.15, 0.2) is 0 Å². The highest BCUT2D eigenvalue weighted by atomic mass is 32.2. The van der Waals surface area contributed by atoms with Crippen LogP contribution in [0.1, 0.15) is 18.1 Å². The molecule has 0 aliphatic carbocycles. The molecule has 9 heteroatoms. The Morgan fingerprint density at radius 3 is 2.41 bits per heavy atom. The van der Waals surface area contributed by atoms with Gasteiger partial charge in [-0.2, -0.15) is 4.72 Å². The molecule has 0 fully saturated rings. The quantitative estimate of drug-likeness (QED) is 0.421. The van der Waals surface area contributed by atoms with Gasteiger partial charge in [0.1, 0.15) is 12.6 Å². The fourth-order valence-corrected chi connectivity index (χ4v) is 3.06. The zero-order valence-corrected chi connectivity index (χ0v) is 15.3. The maximum Gasteiger partial charge on any atom is 0.324 e. The average Bonchev–Trinajstić information content (AvgIpc) is 2.65. The van der Waals surface area contributed by atoms with Crippen LogP contribution in [0.15, 0.2) is 60.0 Å². The van der Waals surface area contributed by atoms with Crippen LogP contribution in [0.2, 0.25) is 0 Å². The first-order valence-corrected chi connectivity index (χ1v) is 9.47. The van der Waals surface area contributed by atoms with E-state index in [2.05, 4.69) is 4.72 Å². The van der Waals surface area contributed by atoms with Crippen molar-refractivity contribution in [1.82, 2.24) is 4.72 Å². The van der Waals surface area contributed by atoms with Crippen LogP contribution in [0, 0.1) is 10.1 Å². The largest absolute Gasteiger partial charge is 0.460 e. The number of rotatable bonds is 8. The molecule has 0 aliphatic rings. The highest BCUT2D eigenvalue weighted by molar-refractivity contribution is 7.92. The molecule has 0 amide bonds. The number of carbonyl (C=O) groups is 1. The molecular formula is C18H18N2O6S. The molecule has 0 saturated heterocycles. The standard InChI is InChI=1S/C18H18N2O6S/c1-14(19-27(24,25)12-11-15-5-3-2-4-6-15)18(21)26-13-16-7-9-17(10-8-16)20(22)23/h2-12,14,19H,13H2,1H3/b12-11+/t14-/m0/s1. The maximum absolute atomic E-state index is 12.0. The predicted octanol–water partition coefficient (Wildman–Crippen LogP) is 2.62. The third-order valence-corrected chi connectivity index (χ3v) is 4.64. The normalized spacial score (nSPS) is 12.6. The van der Waals surface area contributed by atoms with Gasteiger partial charge in [0, 0.05) is 17.5 Å². The molecule has 0 radical (unpaired) electrons. The van der Waals surface area contributed by atoms with Gasteiger partial charge in [0.25, 0.3) is 5.69 Å². The SMILES string of the molecule is C[C@H](NS(=O)(=O)/C=C/c1ccccc1)C(=O)OCc1ccc([N+](=O)[O-])cc1. The molecule has 0 bridgehead atoms.